The molecular weight excluding hydrogens is 296 g/mol. The Balaban J connectivity index is 1.84. The van der Waals surface area contributed by atoms with E-state index >= 15 is 0 Å². The van der Waals surface area contributed by atoms with Crippen LogP contribution >= 0.6 is 0 Å². The molecule has 0 atom stereocenters. The van der Waals surface area contributed by atoms with Crippen LogP contribution in [0.25, 0.3) is 0 Å². The van der Waals surface area contributed by atoms with Gasteiger partial charge in [0.2, 0.25) is 0 Å². The van der Waals surface area contributed by atoms with E-state index in [1.54, 1.807) is 0 Å². The van der Waals surface area contributed by atoms with Crippen LogP contribution in [0.5, 0.6) is 0 Å². The van der Waals surface area contributed by atoms with E-state index in [2.05, 4.69) is 33.8 Å². The van der Waals surface area contributed by atoms with E-state index in [0.717, 1.165) is 17.1 Å². The van der Waals surface area contributed by atoms with E-state index in [-0.39, 0.29) is 0 Å². The van der Waals surface area contributed by atoms with Gasteiger partial charge in [-0.05, 0) is 36.2 Å². The summed E-state index contributed by atoms with van der Waals surface area (Å²) in [6.45, 7) is 2.61. The number of nitrogens with one attached hydrogen (secondary N) is 2. The summed E-state index contributed by atoms with van der Waals surface area (Å²) in [5.41, 5.74) is 3.53. The maximum absolute atomic E-state index is 9.43. The molecule has 118 valence electrons. The quantitative estimate of drug-likeness (QED) is 0.721. The predicted octanol–water partition coefficient (Wildman–Crippen LogP) is 4.62. The monoisotopic (exact) mass is 314 g/mol. The van der Waals surface area contributed by atoms with Crippen LogP contribution in [0.4, 0.5) is 17.3 Å². The van der Waals surface area contributed by atoms with Crippen LogP contribution in [0, 0.1) is 18.3 Å². The third kappa shape index (κ3) is 3.71. The first kappa shape index (κ1) is 15.6. The molecule has 0 saturated carbocycles. The first-order chi connectivity index (χ1) is 11.8. The Hall–Kier alpha value is -3.32. The number of nitrogens with zero attached hydrogens (tertiary/aromatic N) is 2. The second-order valence-electron chi connectivity index (χ2n) is 5.49. The van der Waals surface area contributed by atoms with Crippen molar-refractivity contribution in [2.75, 3.05) is 10.6 Å². The van der Waals surface area contributed by atoms with E-state index in [0.29, 0.717) is 17.9 Å². The van der Waals surface area contributed by atoms with Crippen LogP contribution in [0.1, 0.15) is 16.7 Å². The molecule has 0 radical (unpaired) electrons. The van der Waals surface area contributed by atoms with Crippen molar-refractivity contribution in [2.24, 2.45) is 0 Å². The maximum atomic E-state index is 9.43. The highest BCUT2D eigenvalue weighted by Crippen LogP contribution is 2.24. The highest BCUT2D eigenvalue weighted by molar-refractivity contribution is 5.67. The van der Waals surface area contributed by atoms with E-state index in [9.17, 15) is 5.26 Å². The van der Waals surface area contributed by atoms with Gasteiger partial charge in [-0.2, -0.15) is 5.26 Å². The van der Waals surface area contributed by atoms with Crippen molar-refractivity contribution in [1.82, 2.24) is 4.98 Å². The van der Waals surface area contributed by atoms with Crippen molar-refractivity contribution >= 4 is 17.3 Å². The third-order valence-corrected chi connectivity index (χ3v) is 3.68. The van der Waals surface area contributed by atoms with Crippen LogP contribution in [-0.4, -0.2) is 4.98 Å². The van der Waals surface area contributed by atoms with Gasteiger partial charge in [0, 0.05) is 12.2 Å². The van der Waals surface area contributed by atoms with Crippen molar-refractivity contribution in [3.05, 3.63) is 83.4 Å². The lowest BCUT2D eigenvalue weighted by Gasteiger charge is -2.13. The molecule has 4 nitrogen and oxygen atoms in total. The van der Waals surface area contributed by atoms with Crippen LogP contribution in [0.15, 0.2) is 66.7 Å². The summed E-state index contributed by atoms with van der Waals surface area (Å²) in [6.07, 6.45) is 0. The average molecular weight is 314 g/mol. The highest BCUT2D eigenvalue weighted by Gasteiger charge is 2.10. The van der Waals surface area contributed by atoms with E-state index in [1.807, 2.05) is 61.5 Å². The van der Waals surface area contributed by atoms with Gasteiger partial charge in [0.1, 0.15) is 11.9 Å². The number of hydrogen-bond donors (Lipinski definition) is 2. The second-order valence-corrected chi connectivity index (χ2v) is 5.49. The lowest BCUT2D eigenvalue weighted by atomic mass is 10.1. The average Bonchev–Trinajstić information content (AvgIpc) is 2.62. The fourth-order valence-electron chi connectivity index (χ4n) is 2.44. The first-order valence-corrected chi connectivity index (χ1v) is 7.78. The van der Waals surface area contributed by atoms with E-state index < -0.39 is 0 Å². The van der Waals surface area contributed by atoms with Gasteiger partial charge < -0.3 is 10.6 Å². The van der Waals surface area contributed by atoms with Gasteiger partial charge in [0.25, 0.3) is 0 Å². The molecule has 0 aliphatic heterocycles. The minimum absolute atomic E-state index is 0.559. The molecule has 0 fully saturated rings. The molecule has 4 heteroatoms. The molecule has 0 spiro atoms. The number of pyridine rings is 1. The Morgan fingerprint density at radius 2 is 1.67 bits per heavy atom. The molecule has 24 heavy (non-hydrogen) atoms. The zero-order valence-corrected chi connectivity index (χ0v) is 13.5. The summed E-state index contributed by atoms with van der Waals surface area (Å²) in [5.74, 6) is 1.31. The van der Waals surface area contributed by atoms with E-state index in [1.165, 1.54) is 5.56 Å². The lowest BCUT2D eigenvalue weighted by Crippen LogP contribution is -2.06. The zero-order valence-electron chi connectivity index (χ0n) is 13.5. The van der Waals surface area contributed by atoms with Gasteiger partial charge in [-0.25, -0.2) is 4.98 Å². The number of benzene rings is 2. The number of aryl methyl sites for hydroxylation is 1. The van der Waals surface area contributed by atoms with Crippen molar-refractivity contribution in [3.63, 3.8) is 0 Å². The minimum Gasteiger partial charge on any atom is -0.366 e. The fourth-order valence-corrected chi connectivity index (χ4v) is 2.44. The van der Waals surface area contributed by atoms with Gasteiger partial charge in [0.15, 0.2) is 5.82 Å². The van der Waals surface area contributed by atoms with Gasteiger partial charge in [-0.15, -0.1) is 0 Å². The van der Waals surface area contributed by atoms with Gasteiger partial charge in [-0.3, -0.25) is 0 Å². The molecule has 2 aromatic carbocycles. The molecule has 3 rings (SSSR count). The Morgan fingerprint density at radius 3 is 2.33 bits per heavy atom. The van der Waals surface area contributed by atoms with Gasteiger partial charge >= 0.3 is 0 Å². The Kier molecular flexibility index (Phi) is 4.73. The third-order valence-electron chi connectivity index (χ3n) is 3.68. The van der Waals surface area contributed by atoms with Crippen molar-refractivity contribution in [2.45, 2.75) is 13.5 Å². The highest BCUT2D eigenvalue weighted by atomic mass is 15.1. The zero-order chi connectivity index (χ0) is 16.8. The van der Waals surface area contributed by atoms with Gasteiger partial charge in [0.05, 0.1) is 5.56 Å². The first-order valence-electron chi connectivity index (χ1n) is 7.78. The number of nitriles is 1. The Bertz CT molecular complexity index is 852. The molecule has 0 aliphatic carbocycles. The second kappa shape index (κ2) is 7.30. The number of aromatic nitrogens is 1. The van der Waals surface area contributed by atoms with Crippen molar-refractivity contribution in [1.29, 1.82) is 5.26 Å². The molecule has 0 saturated heterocycles. The smallest absolute Gasteiger partial charge is 0.151 e. The van der Waals surface area contributed by atoms with Crippen LogP contribution in [0.3, 0.4) is 0 Å². The number of anilines is 3. The molecule has 0 amide bonds. The standard InChI is InChI=1S/C20H18N4/c1-15-12-19(22-14-16-8-4-2-5-9-16)24-20(18(15)13-21)23-17-10-6-3-7-11-17/h2-12H,14H2,1H3,(H2,22,23,24). The SMILES string of the molecule is Cc1cc(NCc2ccccc2)nc(Nc2ccccc2)c1C#N. The molecule has 0 bridgehead atoms. The largest absolute Gasteiger partial charge is 0.366 e. The molecule has 3 aromatic rings. The van der Waals surface area contributed by atoms with Crippen molar-refractivity contribution in [3.8, 4) is 6.07 Å². The molecule has 2 N–H and O–H groups in total. The summed E-state index contributed by atoms with van der Waals surface area (Å²) in [7, 11) is 0. The maximum Gasteiger partial charge on any atom is 0.151 e. The minimum atomic E-state index is 0.559. The predicted molar refractivity (Wildman–Crippen MR) is 97.2 cm³/mol. The molecule has 1 aromatic heterocycles. The normalized spacial score (nSPS) is 10.0. The Morgan fingerprint density at radius 1 is 1.00 bits per heavy atom. The van der Waals surface area contributed by atoms with Crippen LogP contribution in [-0.2, 0) is 6.54 Å². The summed E-state index contributed by atoms with van der Waals surface area (Å²) in [6, 6.07) is 24.0. The molecule has 0 unspecified atom stereocenters. The number of para-hydroxylation sites is 1. The van der Waals surface area contributed by atoms with Crippen LogP contribution in [0.2, 0.25) is 0 Å². The van der Waals surface area contributed by atoms with Crippen LogP contribution < -0.4 is 10.6 Å². The summed E-state index contributed by atoms with van der Waals surface area (Å²) < 4.78 is 0. The number of hydrogen-bond acceptors (Lipinski definition) is 4. The van der Waals surface area contributed by atoms with E-state index in [4.69, 9.17) is 0 Å². The van der Waals surface area contributed by atoms with Gasteiger partial charge in [-0.1, -0.05) is 48.5 Å². The summed E-state index contributed by atoms with van der Waals surface area (Å²) >= 11 is 0. The fraction of sp³-hybridized carbons (Fsp3) is 0.100. The molecule has 1 heterocycles. The topological polar surface area (TPSA) is 60.7 Å². The van der Waals surface area contributed by atoms with Crippen molar-refractivity contribution < 1.29 is 0 Å². The lowest BCUT2D eigenvalue weighted by molar-refractivity contribution is 1.10. The summed E-state index contributed by atoms with van der Waals surface area (Å²) in [4.78, 5) is 4.57. The molecule has 0 aliphatic rings. The number of rotatable bonds is 5. The Labute approximate surface area is 141 Å². The molecular formula is C20H18N4. The summed E-state index contributed by atoms with van der Waals surface area (Å²) in [5, 5.41) is 16.0.